The molecule has 9 rings (SSSR count). The Morgan fingerprint density at radius 1 is 0.551 bits per heavy atom. The van der Waals surface area contributed by atoms with E-state index in [-0.39, 0.29) is 59.2 Å². The molecular weight excluding hydrogens is 1440 g/mol. The minimum atomic E-state index is -0.791. The molecule has 0 spiro atoms. The van der Waals surface area contributed by atoms with Crippen molar-refractivity contribution in [2.45, 2.75) is 234 Å². The predicted molar refractivity (Wildman–Crippen MR) is 423 cm³/mol. The topological polar surface area (TPSA) is 381 Å². The van der Waals surface area contributed by atoms with Crippen LogP contribution in [0.5, 0.6) is 0 Å². The zero-order chi connectivity index (χ0) is 81.2. The summed E-state index contributed by atoms with van der Waals surface area (Å²) in [6, 6.07) is 21.5. The number of hydrogen-bond donors (Lipinski definition) is 5. The second kappa shape index (κ2) is 45.4. The quantitative estimate of drug-likeness (QED) is 0.0437. The number of methoxy groups -OCH3 is 1. The molecular formula is C77H119BrFN15O13. The van der Waals surface area contributed by atoms with Crippen LogP contribution in [0.25, 0.3) is 11.0 Å². The molecule has 5 aromatic rings. The number of aromatic nitrogens is 2. The van der Waals surface area contributed by atoms with Gasteiger partial charge >= 0.3 is 30.1 Å². The van der Waals surface area contributed by atoms with Gasteiger partial charge in [0.1, 0.15) is 33.1 Å². The number of ether oxygens (including phenoxy) is 5. The summed E-state index contributed by atoms with van der Waals surface area (Å²) in [6.07, 6.45) is 10.9. The molecule has 30 heteroatoms. The number of halogens is 2. The zero-order valence-corrected chi connectivity index (χ0v) is 67.8. The van der Waals surface area contributed by atoms with E-state index in [0.29, 0.717) is 49.9 Å². The maximum absolute atomic E-state index is 12.6. The van der Waals surface area contributed by atoms with Crippen molar-refractivity contribution in [2.24, 2.45) is 5.73 Å². The highest BCUT2D eigenvalue weighted by Crippen LogP contribution is 2.32. The summed E-state index contributed by atoms with van der Waals surface area (Å²) in [7, 11) is 3.25. The SMILES string of the molecule is C#N.CC(C)(C)OC(=O)N1CCCCC(N)C1.COC.Cc1ccc(F)c([N+](=O)[O-])c1.Cc1ccc(NC2CCCCN(C(=O)OC(C)(C)C)C2)c(N)c1.Cc1ccc(NC2CCCCN(C(=O)OC(C)(C)C)C2)c([N+](=O)[O-])c1.Cc1ccc2c(c1)nc(N)n2C1CCCCN(C(=O)OC(C)(C)C)C1.N#CBr. The smallest absolute Gasteiger partial charge is 0.410 e. The molecule has 4 aliphatic rings. The number of nitrogens with zero attached hydrogens (tertiary/aromatic N) is 10. The van der Waals surface area contributed by atoms with E-state index < -0.39 is 38.8 Å². The van der Waals surface area contributed by atoms with Gasteiger partial charge in [-0.25, -0.2) is 29.4 Å². The third kappa shape index (κ3) is 36.3. The van der Waals surface area contributed by atoms with Crippen molar-refractivity contribution in [3.05, 3.63) is 121 Å². The van der Waals surface area contributed by atoms with Crippen molar-refractivity contribution in [1.29, 1.82) is 10.5 Å². The van der Waals surface area contributed by atoms with E-state index in [0.717, 1.165) is 142 Å². The lowest BCUT2D eigenvalue weighted by atomic mass is 10.1. The van der Waals surface area contributed by atoms with E-state index in [1.165, 1.54) is 12.1 Å². The van der Waals surface area contributed by atoms with Crippen molar-refractivity contribution >= 4 is 85.7 Å². The lowest BCUT2D eigenvalue weighted by Crippen LogP contribution is -2.42. The molecule has 4 aliphatic heterocycles. The molecule has 594 valence electrons. The number of nitrogen functional groups attached to an aromatic ring is 2. The third-order valence-electron chi connectivity index (χ3n) is 16.1. The van der Waals surface area contributed by atoms with Gasteiger partial charge in [-0.15, -0.1) is 0 Å². The Hall–Kier alpha value is -9.26. The lowest BCUT2D eigenvalue weighted by molar-refractivity contribution is -0.387. The minimum Gasteiger partial charge on any atom is -0.444 e. The largest absolute Gasteiger partial charge is 0.444 e. The average Bonchev–Trinajstić information content (AvgIpc) is 1.64. The summed E-state index contributed by atoms with van der Waals surface area (Å²) in [5, 5.41) is 41.9. The molecule has 4 fully saturated rings. The van der Waals surface area contributed by atoms with Gasteiger partial charge in [-0.05, 0) is 240 Å². The van der Waals surface area contributed by atoms with E-state index in [1.807, 2.05) is 139 Å². The molecule has 4 amide bonds. The Morgan fingerprint density at radius 2 is 0.897 bits per heavy atom. The van der Waals surface area contributed by atoms with Gasteiger partial charge in [-0.1, -0.05) is 30.7 Å². The van der Waals surface area contributed by atoms with E-state index in [2.05, 4.69) is 59.6 Å². The second-order valence-corrected chi connectivity index (χ2v) is 31.0. The van der Waals surface area contributed by atoms with Gasteiger partial charge in [-0.3, -0.25) is 20.2 Å². The number of nitro groups is 2. The molecule has 107 heavy (non-hydrogen) atoms. The van der Waals surface area contributed by atoms with E-state index in [9.17, 15) is 43.8 Å². The summed E-state index contributed by atoms with van der Waals surface area (Å²) < 4.78 is 40.7. The number of imidazole rings is 1. The highest BCUT2D eigenvalue weighted by molar-refractivity contribution is 9.12. The van der Waals surface area contributed by atoms with Gasteiger partial charge in [0.15, 0.2) is 0 Å². The first kappa shape index (κ1) is 93.8. The number of nitrogens with two attached hydrogens (primary N) is 3. The van der Waals surface area contributed by atoms with Crippen LogP contribution in [0.2, 0.25) is 0 Å². The van der Waals surface area contributed by atoms with Gasteiger partial charge in [0.25, 0.3) is 5.69 Å². The van der Waals surface area contributed by atoms with Gasteiger partial charge in [0.05, 0.1) is 38.3 Å². The number of anilines is 4. The van der Waals surface area contributed by atoms with Crippen molar-refractivity contribution in [1.82, 2.24) is 29.2 Å². The van der Waals surface area contributed by atoms with Crippen LogP contribution in [-0.4, -0.2) is 170 Å². The molecule has 0 saturated carbocycles. The van der Waals surface area contributed by atoms with Crippen LogP contribution in [0.15, 0.2) is 72.8 Å². The van der Waals surface area contributed by atoms with E-state index in [1.54, 1.807) is 53.0 Å². The number of benzene rings is 4. The number of amides is 4. The maximum atomic E-state index is 12.6. The van der Waals surface area contributed by atoms with Crippen molar-refractivity contribution in [3.63, 3.8) is 0 Å². The van der Waals surface area contributed by atoms with Gasteiger partial charge in [0, 0.05) is 119 Å². The lowest BCUT2D eigenvalue weighted by Gasteiger charge is -2.29. The molecule has 5 heterocycles. The zero-order valence-electron chi connectivity index (χ0n) is 66.2. The molecule has 4 aromatic carbocycles. The molecule has 8 N–H and O–H groups in total. The summed E-state index contributed by atoms with van der Waals surface area (Å²) in [6.45, 7) is 38.8. The van der Waals surface area contributed by atoms with Crippen LogP contribution in [0.1, 0.15) is 188 Å². The summed E-state index contributed by atoms with van der Waals surface area (Å²) in [5.41, 5.74) is 23.8. The molecule has 1 aromatic heterocycles. The average molecular weight is 1560 g/mol. The minimum absolute atomic E-state index is 0.0450. The monoisotopic (exact) mass is 1560 g/mol. The van der Waals surface area contributed by atoms with Crippen molar-refractivity contribution in [2.75, 3.05) is 88.7 Å². The number of rotatable bonds is 7. The molecule has 0 radical (unpaired) electrons. The summed E-state index contributed by atoms with van der Waals surface area (Å²) in [4.78, 5) is 82.4. The van der Waals surface area contributed by atoms with Crippen LogP contribution in [-0.2, 0) is 23.7 Å². The second-order valence-electron chi connectivity index (χ2n) is 30.7. The fourth-order valence-electron chi connectivity index (χ4n) is 11.5. The normalized spacial score (nSPS) is 17.4. The molecule has 4 saturated heterocycles. The Labute approximate surface area is 640 Å². The van der Waals surface area contributed by atoms with Crippen molar-refractivity contribution in [3.8, 4) is 11.6 Å². The maximum Gasteiger partial charge on any atom is 0.410 e. The number of likely N-dealkylation sites (tertiary alicyclic amines) is 4. The first-order valence-electron chi connectivity index (χ1n) is 36.1. The van der Waals surface area contributed by atoms with E-state index in [4.69, 9.17) is 46.7 Å². The Balaban J connectivity index is 0.000000453. The van der Waals surface area contributed by atoms with Crippen LogP contribution in [0.3, 0.4) is 0 Å². The summed E-state index contributed by atoms with van der Waals surface area (Å²) in [5.74, 6) is -0.280. The molecule has 0 aliphatic carbocycles. The number of hydrogen-bond acceptors (Lipinski definition) is 21. The number of nitriles is 2. The Morgan fingerprint density at radius 3 is 1.31 bits per heavy atom. The number of nitrogens with one attached hydrogen (secondary N) is 2. The Bertz CT molecular complexity index is 3690. The molecule has 0 bridgehead atoms. The number of carbonyl (C=O) groups is 4. The number of fused-ring (bicyclic) bond motifs is 1. The predicted octanol–water partition coefficient (Wildman–Crippen LogP) is 16.8. The molecule has 4 atom stereocenters. The van der Waals surface area contributed by atoms with Gasteiger partial charge < -0.3 is 75.7 Å². The van der Waals surface area contributed by atoms with E-state index >= 15 is 0 Å². The highest BCUT2D eigenvalue weighted by atomic mass is 79.9. The van der Waals surface area contributed by atoms with Crippen LogP contribution < -0.4 is 27.8 Å². The Kier molecular flexibility index (Phi) is 39.8. The van der Waals surface area contributed by atoms with Crippen LogP contribution >= 0.6 is 15.9 Å². The number of carbonyl (C=O) groups excluding carboxylic acids is 4. The fraction of sp³-hybridized carbons (Fsp3) is 0.597. The first-order chi connectivity index (χ1) is 50.0. The fourth-order valence-corrected chi connectivity index (χ4v) is 11.5. The van der Waals surface area contributed by atoms with Gasteiger partial charge in [0.2, 0.25) is 11.8 Å². The van der Waals surface area contributed by atoms with Crippen LogP contribution in [0, 0.1) is 75.8 Å². The third-order valence-corrected chi connectivity index (χ3v) is 16.1. The van der Waals surface area contributed by atoms with Crippen LogP contribution in [0.4, 0.5) is 58.0 Å². The summed E-state index contributed by atoms with van der Waals surface area (Å²) >= 11 is 2.45. The number of aryl methyl sites for hydroxylation is 4. The van der Waals surface area contributed by atoms with Gasteiger partial charge in [-0.2, -0.15) is 9.65 Å². The standard InChI is InChI=1S/C19H28N4O2.C18H27N3O4.C18H29N3O2.C11H22N2O2.C7H6FNO2.C2H6O.CBrN.CHN/c1-13-8-9-16-15(11-13)21-17(20)23(16)14-7-5-6-10-22(12-14)18(24)25-19(2,3)4;1-13-8-9-15(16(11-13)21(23)24)19-14-7-5-6-10-20(12-14)17(22)25-18(2,3)4;1-13-8-9-16(15(19)11-13)20-14-7-5-6-10-21(12-14)17(22)23-18(2,3)4;1-11(2,3)15-10(14)13-7-5-4-6-9(12)8-13;1-5-2-3-6(8)7(4-5)9(10)11;1-3-2;2-1-3;1-2/h8-9,11,14H,5-7,10,12H2,1-4H3,(H2,20,21);8-9,11,14,19H,5-7,10,12H2,1-4H3;8-9,11,14,20H,5-7,10,12,19H2,1-4H3;9H,4-8,12H2,1-3H3;2-4H,1H3;1-2H3;;1H. The highest BCUT2D eigenvalue weighted by Gasteiger charge is 2.32. The molecule has 4 unspecified atom stereocenters. The first-order valence-corrected chi connectivity index (χ1v) is 36.9. The molecule has 28 nitrogen and oxygen atoms in total. The van der Waals surface area contributed by atoms with Crippen molar-refractivity contribution < 1.29 is 57.1 Å². The number of nitro benzene ring substituents is 2.